The molecule has 0 bridgehead atoms. The minimum Gasteiger partial charge on any atom is -0.307 e. The summed E-state index contributed by atoms with van der Waals surface area (Å²) in [6.45, 7) is 31.5. The summed E-state index contributed by atoms with van der Waals surface area (Å²) >= 11 is 0. The number of nitriles is 5. The van der Waals surface area contributed by atoms with Gasteiger partial charge in [0.05, 0.1) is 108 Å². The Morgan fingerprint density at radius 1 is 0.312 bits per heavy atom. The van der Waals surface area contributed by atoms with Crippen molar-refractivity contribution in [3.05, 3.63) is 256 Å². The fourth-order valence-electron chi connectivity index (χ4n) is 10.7. The Balaban J connectivity index is 1.24. The molecule has 12 heteroatoms. The van der Waals surface area contributed by atoms with Gasteiger partial charge in [-0.1, -0.05) is 60.7 Å². The molecular formula is C68H30N12. The summed E-state index contributed by atoms with van der Waals surface area (Å²) in [6, 6.07) is 62.7. The first-order chi connectivity index (χ1) is 39.2. The quantitative estimate of drug-likeness (QED) is 0.145. The second kappa shape index (κ2) is 19.4. The second-order valence-electron chi connectivity index (χ2n) is 18.8. The fraction of sp³-hybridized carbons (Fsp3) is 0. The predicted molar refractivity (Wildman–Crippen MR) is 309 cm³/mol. The van der Waals surface area contributed by atoms with Gasteiger partial charge in [-0.25, -0.2) is 19.4 Å². The molecule has 3 aromatic heterocycles. The lowest BCUT2D eigenvalue weighted by Gasteiger charge is -2.20. The van der Waals surface area contributed by atoms with E-state index in [1.54, 1.807) is 91.3 Å². The number of fused-ring (bicyclic) bond motifs is 6. The molecule has 0 atom stereocenters. The van der Waals surface area contributed by atoms with Crippen LogP contribution in [0.4, 0.5) is 22.7 Å². The lowest BCUT2D eigenvalue weighted by molar-refractivity contribution is 1.09. The molecule has 12 rings (SSSR count). The molecule has 12 aromatic rings. The molecular weight excluding hydrogens is 985 g/mol. The van der Waals surface area contributed by atoms with Crippen LogP contribution >= 0.6 is 0 Å². The molecule has 80 heavy (non-hydrogen) atoms. The van der Waals surface area contributed by atoms with Gasteiger partial charge in [-0.3, -0.25) is 4.98 Å². The molecule has 12 nitrogen and oxygen atoms in total. The SMILES string of the molecule is [C-]#[N+]c1cc(C#N)cc(-c2ccc3c4ccc(-c5cc(C#N)cc([N+]#[C-])c5)cc4n(-c4cncc(-n5c6cc(-c7cc(C#N)cc([N+]#[C-])c7)ccc6c6ccc(-c7cc(C#N)cc([N+]#[C-])c7)cc65)c4-c4cccc(C#N)c4)c3c2)c1. The van der Waals surface area contributed by atoms with Crippen molar-refractivity contribution in [3.8, 4) is 97.4 Å². The monoisotopic (exact) mass is 1010 g/mol. The first-order valence-corrected chi connectivity index (χ1v) is 24.5. The van der Waals surface area contributed by atoms with Crippen molar-refractivity contribution in [2.24, 2.45) is 0 Å². The standard InChI is InChI=1S/C68H30N12/c1-74-54-21-41(34-70)17-50(25-54)45-8-12-58-59-13-9-46(51-18-42(35-71)22-55(26-51)75-2)30-63(59)79(62(58)29-45)66-38-78-39-67(68(66)49-7-5-6-40(16-49)33-69)80-64-31-47(52-19-43(36-72)23-56(27-52)76-3)10-14-60(64)61-15-11-48(32-65(61)80)53-20-44(37-73)24-57(28-53)77-4/h5-32,38-39H. The number of hydrogen-bond acceptors (Lipinski definition) is 6. The van der Waals surface area contributed by atoms with Crippen molar-refractivity contribution in [1.29, 1.82) is 26.3 Å². The van der Waals surface area contributed by atoms with Crippen LogP contribution < -0.4 is 0 Å². The number of benzene rings is 9. The van der Waals surface area contributed by atoms with E-state index in [4.69, 9.17) is 31.3 Å². The van der Waals surface area contributed by atoms with Gasteiger partial charge in [-0.15, -0.1) is 0 Å². The Kier molecular flexibility index (Phi) is 11.7. The summed E-state index contributed by atoms with van der Waals surface area (Å²) in [5.74, 6) is 0. The average Bonchev–Trinajstić information content (AvgIpc) is 4.25. The highest BCUT2D eigenvalue weighted by molar-refractivity contribution is 6.14. The van der Waals surface area contributed by atoms with E-state index < -0.39 is 0 Å². The molecule has 0 aliphatic heterocycles. The van der Waals surface area contributed by atoms with Gasteiger partial charge in [0.2, 0.25) is 0 Å². The van der Waals surface area contributed by atoms with E-state index >= 15 is 0 Å². The Morgan fingerprint density at radius 2 is 0.613 bits per heavy atom. The normalized spacial score (nSPS) is 10.6. The molecule has 0 fully saturated rings. The van der Waals surface area contributed by atoms with E-state index in [1.165, 1.54) is 0 Å². The van der Waals surface area contributed by atoms with Crippen LogP contribution in [0.15, 0.2) is 182 Å². The van der Waals surface area contributed by atoms with E-state index in [1.807, 2.05) is 91.0 Å². The lowest BCUT2D eigenvalue weighted by Crippen LogP contribution is -2.05. The Labute approximate surface area is 457 Å². The molecule has 0 radical (unpaired) electrons. The molecule has 3 heterocycles. The number of pyridine rings is 1. The van der Waals surface area contributed by atoms with Crippen molar-refractivity contribution in [3.63, 3.8) is 0 Å². The zero-order valence-corrected chi connectivity index (χ0v) is 41.7. The highest BCUT2D eigenvalue weighted by atomic mass is 15.0. The van der Waals surface area contributed by atoms with Crippen molar-refractivity contribution in [2.75, 3.05) is 0 Å². The van der Waals surface area contributed by atoms with Gasteiger partial charge < -0.3 is 9.13 Å². The van der Waals surface area contributed by atoms with Gasteiger partial charge in [0.15, 0.2) is 22.7 Å². The van der Waals surface area contributed by atoms with Crippen molar-refractivity contribution < 1.29 is 0 Å². The van der Waals surface area contributed by atoms with Gasteiger partial charge in [-0.05, 0) is 159 Å². The number of aromatic nitrogens is 3. The van der Waals surface area contributed by atoms with Crippen LogP contribution in [-0.2, 0) is 0 Å². The van der Waals surface area contributed by atoms with Gasteiger partial charge in [0.25, 0.3) is 0 Å². The van der Waals surface area contributed by atoms with Gasteiger partial charge in [0, 0.05) is 49.4 Å². The molecule has 0 N–H and O–H groups in total. The molecule has 0 amide bonds. The summed E-state index contributed by atoms with van der Waals surface area (Å²) in [7, 11) is 0. The molecule has 0 saturated heterocycles. The third-order valence-electron chi connectivity index (χ3n) is 14.2. The van der Waals surface area contributed by atoms with Gasteiger partial charge >= 0.3 is 0 Å². The molecule has 9 aromatic carbocycles. The Bertz CT molecular complexity index is 4460. The Hall–Kier alpha value is -12.9. The maximum atomic E-state index is 10.5. The van der Waals surface area contributed by atoms with Crippen molar-refractivity contribution in [1.82, 2.24) is 14.1 Å². The van der Waals surface area contributed by atoms with Crippen LogP contribution in [0.1, 0.15) is 27.8 Å². The number of nitrogens with zero attached hydrogens (tertiary/aromatic N) is 12. The van der Waals surface area contributed by atoms with Crippen LogP contribution in [0.3, 0.4) is 0 Å². The Morgan fingerprint density at radius 3 is 0.900 bits per heavy atom. The van der Waals surface area contributed by atoms with Crippen molar-refractivity contribution >= 4 is 66.4 Å². The van der Waals surface area contributed by atoms with Crippen LogP contribution in [0.2, 0.25) is 0 Å². The predicted octanol–water partition coefficient (Wildman–Crippen LogP) is 17.2. The minimum absolute atomic E-state index is 0.311. The van der Waals surface area contributed by atoms with E-state index in [9.17, 15) is 26.3 Å². The summed E-state index contributed by atoms with van der Waals surface area (Å²) in [4.78, 5) is 19.8. The lowest BCUT2D eigenvalue weighted by atomic mass is 9.99. The molecule has 0 saturated carbocycles. The van der Waals surface area contributed by atoms with E-state index in [0.29, 0.717) is 95.3 Å². The summed E-state index contributed by atoms with van der Waals surface area (Å²) in [5.41, 5.74) is 14.0. The van der Waals surface area contributed by atoms with E-state index in [0.717, 1.165) is 65.9 Å². The average molecular weight is 1020 g/mol. The van der Waals surface area contributed by atoms with Crippen LogP contribution in [0, 0.1) is 82.9 Å². The second-order valence-corrected chi connectivity index (χ2v) is 18.8. The third kappa shape index (κ3) is 8.17. The summed E-state index contributed by atoms with van der Waals surface area (Å²) in [5, 5.41) is 54.1. The number of hydrogen-bond donors (Lipinski definition) is 0. The van der Waals surface area contributed by atoms with Gasteiger partial charge in [-0.2, -0.15) is 26.3 Å². The first-order valence-electron chi connectivity index (χ1n) is 24.5. The maximum absolute atomic E-state index is 10.5. The molecule has 0 aliphatic carbocycles. The first kappa shape index (κ1) is 48.1. The topological polar surface area (TPSA) is 159 Å². The van der Waals surface area contributed by atoms with Gasteiger partial charge in [0.1, 0.15) is 0 Å². The molecule has 0 spiro atoms. The van der Waals surface area contributed by atoms with Crippen LogP contribution in [0.25, 0.3) is 130 Å². The highest BCUT2D eigenvalue weighted by Crippen LogP contribution is 2.45. The van der Waals surface area contributed by atoms with Crippen molar-refractivity contribution in [2.45, 2.75) is 0 Å². The highest BCUT2D eigenvalue weighted by Gasteiger charge is 2.25. The summed E-state index contributed by atoms with van der Waals surface area (Å²) < 4.78 is 4.22. The number of rotatable bonds is 7. The molecule has 0 aliphatic rings. The molecule has 362 valence electrons. The zero-order valence-electron chi connectivity index (χ0n) is 41.7. The van der Waals surface area contributed by atoms with Crippen LogP contribution in [-0.4, -0.2) is 14.1 Å². The fourth-order valence-corrected chi connectivity index (χ4v) is 10.7. The van der Waals surface area contributed by atoms with E-state index in [-0.39, 0.29) is 0 Å². The van der Waals surface area contributed by atoms with Crippen LogP contribution in [0.5, 0.6) is 0 Å². The smallest absolute Gasteiger partial charge is 0.189 e. The molecule has 0 unspecified atom stereocenters. The minimum atomic E-state index is 0.311. The summed E-state index contributed by atoms with van der Waals surface area (Å²) in [6.07, 6.45) is 3.56. The van der Waals surface area contributed by atoms with E-state index in [2.05, 4.69) is 58.9 Å². The zero-order chi connectivity index (χ0) is 55.2. The largest absolute Gasteiger partial charge is 0.307 e. The maximum Gasteiger partial charge on any atom is 0.189 e. The third-order valence-corrected chi connectivity index (χ3v) is 14.2.